The zero-order valence-electron chi connectivity index (χ0n) is 10.6. The minimum absolute atomic E-state index is 0.402. The van der Waals surface area contributed by atoms with E-state index in [9.17, 15) is 0 Å². The van der Waals surface area contributed by atoms with Gasteiger partial charge in [0.05, 0.1) is 0 Å². The summed E-state index contributed by atoms with van der Waals surface area (Å²) in [4.78, 5) is 0. The minimum Gasteiger partial charge on any atom is -0.490 e. The molecule has 1 heterocycles. The number of aryl methyl sites for hydroxylation is 1. The first kappa shape index (κ1) is 13.0. The quantitative estimate of drug-likeness (QED) is 0.828. The Kier molecular flexibility index (Phi) is 5.94. The van der Waals surface area contributed by atoms with Gasteiger partial charge in [0.15, 0.2) is 0 Å². The minimum atomic E-state index is 0.402. The van der Waals surface area contributed by atoms with Crippen LogP contribution in [0.25, 0.3) is 0 Å². The van der Waals surface area contributed by atoms with Crippen molar-refractivity contribution >= 4 is 0 Å². The smallest absolute Gasteiger partial charge is 0.119 e. The summed E-state index contributed by atoms with van der Waals surface area (Å²) in [7, 11) is 0. The van der Waals surface area contributed by atoms with Crippen LogP contribution in [-0.2, 0) is 0 Å². The van der Waals surface area contributed by atoms with E-state index in [2.05, 4.69) is 36.5 Å². The number of benzene rings is 1. The normalized spacial score (nSPS) is 16.2. The van der Waals surface area contributed by atoms with Crippen molar-refractivity contribution in [2.24, 2.45) is 0 Å². The second kappa shape index (κ2) is 7.29. The van der Waals surface area contributed by atoms with E-state index < -0.39 is 0 Å². The molecule has 90 valence electrons. The number of ether oxygens (including phenoxy) is 1. The second-order valence-electron chi connectivity index (χ2n) is 3.88. The van der Waals surface area contributed by atoms with E-state index in [4.69, 9.17) is 4.74 Å². The summed E-state index contributed by atoms with van der Waals surface area (Å²) in [6, 6.07) is 8.29. The van der Waals surface area contributed by atoms with Gasteiger partial charge in [0.2, 0.25) is 0 Å². The van der Waals surface area contributed by atoms with Crippen LogP contribution >= 0.6 is 0 Å². The summed E-state index contributed by atoms with van der Waals surface area (Å²) < 4.78 is 5.87. The number of hydrogen-bond acceptors (Lipinski definition) is 2. The molecule has 0 spiro atoms. The fourth-order valence-corrected chi connectivity index (χ4v) is 1.72. The van der Waals surface area contributed by atoms with Crippen molar-refractivity contribution < 1.29 is 4.74 Å². The summed E-state index contributed by atoms with van der Waals surface area (Å²) >= 11 is 0. The summed E-state index contributed by atoms with van der Waals surface area (Å²) in [5.74, 6) is 1.00. The van der Waals surface area contributed by atoms with Gasteiger partial charge in [-0.1, -0.05) is 31.5 Å². The molecule has 0 atom stereocenters. The van der Waals surface area contributed by atoms with E-state index in [0.29, 0.717) is 6.10 Å². The Morgan fingerprint density at radius 1 is 1.06 bits per heavy atom. The van der Waals surface area contributed by atoms with Crippen LogP contribution < -0.4 is 10.1 Å². The van der Waals surface area contributed by atoms with Crippen LogP contribution in [0.3, 0.4) is 0 Å². The van der Waals surface area contributed by atoms with Crippen molar-refractivity contribution in [3.8, 4) is 5.75 Å². The zero-order valence-corrected chi connectivity index (χ0v) is 10.6. The topological polar surface area (TPSA) is 21.3 Å². The maximum atomic E-state index is 5.87. The molecule has 0 bridgehead atoms. The molecule has 1 aliphatic rings. The molecule has 0 unspecified atom stereocenters. The lowest BCUT2D eigenvalue weighted by molar-refractivity contribution is 0.162. The molecule has 1 fully saturated rings. The van der Waals surface area contributed by atoms with Crippen LogP contribution in [0.5, 0.6) is 5.75 Å². The third kappa shape index (κ3) is 4.23. The molecule has 0 aromatic heterocycles. The first-order valence-electron chi connectivity index (χ1n) is 6.28. The summed E-state index contributed by atoms with van der Waals surface area (Å²) in [6.45, 7) is 8.25. The lowest BCUT2D eigenvalue weighted by atomic mass is 10.1. The van der Waals surface area contributed by atoms with Gasteiger partial charge in [-0.3, -0.25) is 0 Å². The SMILES string of the molecule is CC.Cc1ccc(OC2CCNCC2)cc1. The van der Waals surface area contributed by atoms with Crippen molar-refractivity contribution in [3.63, 3.8) is 0 Å². The van der Waals surface area contributed by atoms with Gasteiger partial charge in [-0.15, -0.1) is 0 Å². The Hall–Kier alpha value is -1.02. The Morgan fingerprint density at radius 2 is 1.62 bits per heavy atom. The Balaban J connectivity index is 0.000000606. The first-order chi connectivity index (χ1) is 7.84. The van der Waals surface area contributed by atoms with Gasteiger partial charge in [-0.05, 0) is 45.0 Å². The average molecular weight is 221 g/mol. The van der Waals surface area contributed by atoms with Crippen LogP contribution in [0.2, 0.25) is 0 Å². The van der Waals surface area contributed by atoms with E-state index in [1.807, 2.05) is 13.8 Å². The summed E-state index contributed by atoms with van der Waals surface area (Å²) in [5.41, 5.74) is 1.28. The third-order valence-corrected chi connectivity index (χ3v) is 2.61. The molecule has 2 rings (SSSR count). The Labute approximate surface area is 99.0 Å². The molecule has 2 heteroatoms. The molecule has 1 saturated heterocycles. The molecule has 1 N–H and O–H groups in total. The van der Waals surface area contributed by atoms with Crippen molar-refractivity contribution in [2.75, 3.05) is 13.1 Å². The van der Waals surface area contributed by atoms with Gasteiger partial charge in [-0.2, -0.15) is 0 Å². The average Bonchev–Trinajstić information content (AvgIpc) is 2.36. The molecular formula is C14H23NO. The van der Waals surface area contributed by atoms with E-state index in [-0.39, 0.29) is 0 Å². The molecule has 0 saturated carbocycles. The highest BCUT2D eigenvalue weighted by molar-refractivity contribution is 5.26. The highest BCUT2D eigenvalue weighted by atomic mass is 16.5. The Bertz CT molecular complexity index is 275. The van der Waals surface area contributed by atoms with Gasteiger partial charge in [0, 0.05) is 0 Å². The van der Waals surface area contributed by atoms with Gasteiger partial charge in [0.1, 0.15) is 11.9 Å². The van der Waals surface area contributed by atoms with E-state index in [0.717, 1.165) is 31.7 Å². The molecule has 2 nitrogen and oxygen atoms in total. The van der Waals surface area contributed by atoms with Crippen LogP contribution in [0.1, 0.15) is 32.3 Å². The van der Waals surface area contributed by atoms with Crippen LogP contribution in [0.15, 0.2) is 24.3 Å². The molecule has 0 aliphatic carbocycles. The zero-order chi connectivity index (χ0) is 11.8. The van der Waals surface area contributed by atoms with Crippen molar-refractivity contribution in [3.05, 3.63) is 29.8 Å². The number of nitrogens with one attached hydrogen (secondary N) is 1. The van der Waals surface area contributed by atoms with E-state index in [1.54, 1.807) is 0 Å². The van der Waals surface area contributed by atoms with Crippen molar-refractivity contribution in [1.29, 1.82) is 0 Å². The number of hydrogen-bond donors (Lipinski definition) is 1. The molecule has 0 radical (unpaired) electrons. The second-order valence-corrected chi connectivity index (χ2v) is 3.88. The van der Waals surface area contributed by atoms with Gasteiger partial charge in [0.25, 0.3) is 0 Å². The monoisotopic (exact) mass is 221 g/mol. The predicted molar refractivity (Wildman–Crippen MR) is 69.0 cm³/mol. The lowest BCUT2D eigenvalue weighted by Gasteiger charge is -2.23. The molecule has 1 aliphatic heterocycles. The highest BCUT2D eigenvalue weighted by Crippen LogP contribution is 2.16. The summed E-state index contributed by atoms with van der Waals surface area (Å²) in [6.07, 6.45) is 2.64. The van der Waals surface area contributed by atoms with Gasteiger partial charge >= 0.3 is 0 Å². The predicted octanol–water partition coefficient (Wildman–Crippen LogP) is 3.15. The molecular weight excluding hydrogens is 198 g/mol. The van der Waals surface area contributed by atoms with Crippen LogP contribution in [0, 0.1) is 6.92 Å². The standard InChI is InChI=1S/C12H17NO.C2H6/c1-10-2-4-11(5-3-10)14-12-6-8-13-9-7-12;1-2/h2-5,12-13H,6-9H2,1H3;1-2H3. The van der Waals surface area contributed by atoms with Crippen molar-refractivity contribution in [2.45, 2.75) is 39.7 Å². The fraction of sp³-hybridized carbons (Fsp3) is 0.571. The Morgan fingerprint density at radius 3 is 2.19 bits per heavy atom. The molecule has 0 amide bonds. The van der Waals surface area contributed by atoms with E-state index >= 15 is 0 Å². The van der Waals surface area contributed by atoms with Crippen molar-refractivity contribution in [1.82, 2.24) is 5.32 Å². The first-order valence-corrected chi connectivity index (χ1v) is 6.28. The fourth-order valence-electron chi connectivity index (χ4n) is 1.72. The molecule has 1 aromatic carbocycles. The largest absolute Gasteiger partial charge is 0.490 e. The third-order valence-electron chi connectivity index (χ3n) is 2.61. The maximum absolute atomic E-state index is 5.87. The van der Waals surface area contributed by atoms with E-state index in [1.165, 1.54) is 5.56 Å². The van der Waals surface area contributed by atoms with Gasteiger partial charge in [-0.25, -0.2) is 0 Å². The molecule has 16 heavy (non-hydrogen) atoms. The lowest BCUT2D eigenvalue weighted by Crippen LogP contribution is -2.34. The van der Waals surface area contributed by atoms with Crippen LogP contribution in [0.4, 0.5) is 0 Å². The maximum Gasteiger partial charge on any atom is 0.119 e. The highest BCUT2D eigenvalue weighted by Gasteiger charge is 2.13. The number of rotatable bonds is 2. The molecule has 1 aromatic rings. The van der Waals surface area contributed by atoms with Gasteiger partial charge < -0.3 is 10.1 Å². The summed E-state index contributed by atoms with van der Waals surface area (Å²) in [5, 5.41) is 3.33. The van der Waals surface area contributed by atoms with Crippen LogP contribution in [-0.4, -0.2) is 19.2 Å². The number of piperidine rings is 1.